The van der Waals surface area contributed by atoms with Gasteiger partial charge in [-0.15, -0.1) is 0 Å². The molecule has 1 saturated carbocycles. The molecule has 4 nitrogen and oxygen atoms in total. The fourth-order valence-electron chi connectivity index (χ4n) is 4.13. The van der Waals surface area contributed by atoms with Crippen molar-refractivity contribution in [2.24, 2.45) is 10.9 Å². The van der Waals surface area contributed by atoms with E-state index in [-0.39, 0.29) is 17.3 Å². The van der Waals surface area contributed by atoms with E-state index < -0.39 is 0 Å². The largest absolute Gasteiger partial charge is 0.390 e. The highest BCUT2D eigenvalue weighted by Crippen LogP contribution is 2.33. The van der Waals surface area contributed by atoms with Crippen LogP contribution in [0.25, 0.3) is 12.2 Å². The van der Waals surface area contributed by atoms with Crippen molar-refractivity contribution in [1.82, 2.24) is 4.98 Å². The number of aromatic nitrogens is 1. The van der Waals surface area contributed by atoms with Crippen LogP contribution in [0.3, 0.4) is 0 Å². The van der Waals surface area contributed by atoms with E-state index >= 15 is 0 Å². The lowest BCUT2D eigenvalue weighted by atomic mass is 9.78. The molecule has 184 valence electrons. The Bertz CT molecular complexity index is 906. The third-order valence-electron chi connectivity index (χ3n) is 6.65. The Morgan fingerprint density at radius 3 is 2.42 bits per heavy atom. The number of carbonyl (C=O) groups is 1. The van der Waals surface area contributed by atoms with Crippen LogP contribution < -0.4 is 10.4 Å². The number of rotatable bonds is 8. The molecule has 0 saturated heterocycles. The van der Waals surface area contributed by atoms with Gasteiger partial charge in [-0.25, -0.2) is 4.98 Å². The molecule has 0 amide bonds. The zero-order valence-electron chi connectivity index (χ0n) is 22.0. The summed E-state index contributed by atoms with van der Waals surface area (Å²) in [5.74, 6) is 1.21. The number of Topliss-reactive ketones (excluding diaryl/α,β-unsaturated/α-hetero) is 1. The summed E-state index contributed by atoms with van der Waals surface area (Å²) >= 11 is 0. The Hall–Kier alpha value is -2.07. The second-order valence-corrected chi connectivity index (χ2v) is 9.34. The van der Waals surface area contributed by atoms with E-state index in [0.717, 1.165) is 54.2 Å². The van der Waals surface area contributed by atoms with Crippen LogP contribution in [0, 0.1) is 5.92 Å². The highest BCUT2D eigenvalue weighted by molar-refractivity contribution is 5.94. The van der Waals surface area contributed by atoms with E-state index in [9.17, 15) is 9.90 Å². The molecule has 1 atom stereocenters. The van der Waals surface area contributed by atoms with Crippen LogP contribution in [0.2, 0.25) is 0 Å². The lowest BCUT2D eigenvalue weighted by molar-refractivity contribution is -0.0103. The Labute approximate surface area is 201 Å². The molecule has 1 aromatic heterocycles. The molecule has 0 radical (unpaired) electrons. The van der Waals surface area contributed by atoms with Gasteiger partial charge in [0.1, 0.15) is 5.69 Å². The molecule has 1 fully saturated rings. The van der Waals surface area contributed by atoms with Gasteiger partial charge in [0.2, 0.25) is 0 Å². The molecule has 1 aliphatic carbocycles. The molecule has 1 aliphatic rings. The van der Waals surface area contributed by atoms with Gasteiger partial charge in [-0.3, -0.25) is 9.79 Å². The van der Waals surface area contributed by atoms with Crippen LogP contribution in [0.5, 0.6) is 0 Å². The predicted molar refractivity (Wildman–Crippen MR) is 142 cm³/mol. The van der Waals surface area contributed by atoms with E-state index in [1.807, 2.05) is 45.9 Å². The van der Waals surface area contributed by atoms with E-state index in [1.165, 1.54) is 12.8 Å². The van der Waals surface area contributed by atoms with Crippen LogP contribution in [-0.2, 0) is 0 Å². The van der Waals surface area contributed by atoms with Crippen molar-refractivity contribution in [2.45, 2.75) is 111 Å². The molecule has 0 aliphatic heterocycles. The van der Waals surface area contributed by atoms with Crippen LogP contribution in [0.4, 0.5) is 0 Å². The highest BCUT2D eigenvalue weighted by atomic mass is 16.3. The van der Waals surface area contributed by atoms with Gasteiger partial charge in [0.25, 0.3) is 0 Å². The molecule has 1 heterocycles. The lowest BCUT2D eigenvalue weighted by Crippen LogP contribution is -2.33. The second-order valence-electron chi connectivity index (χ2n) is 9.34. The van der Waals surface area contributed by atoms with Gasteiger partial charge in [-0.2, -0.15) is 0 Å². The van der Waals surface area contributed by atoms with Crippen molar-refractivity contribution in [2.75, 3.05) is 0 Å². The monoisotopic (exact) mass is 454 g/mol. The van der Waals surface area contributed by atoms with E-state index in [0.29, 0.717) is 12.1 Å². The van der Waals surface area contributed by atoms with Crippen molar-refractivity contribution >= 4 is 24.1 Å². The molecule has 0 spiro atoms. The summed E-state index contributed by atoms with van der Waals surface area (Å²) in [5.41, 5.74) is 1.28. The quantitative estimate of drug-likeness (QED) is 0.381. The molecule has 1 N–H and O–H groups in total. The molecule has 1 unspecified atom stereocenters. The summed E-state index contributed by atoms with van der Waals surface area (Å²) in [5, 5.41) is 11.8. The molecule has 2 rings (SSSR count). The van der Waals surface area contributed by atoms with Crippen molar-refractivity contribution in [3.05, 3.63) is 40.2 Å². The predicted octanol–water partition coefficient (Wildman–Crippen LogP) is 6.10. The minimum atomic E-state index is -0.299. The standard InChI is InChI=1S/C20H28N2O.C9H18O/c1-6-11-19(23)20-17(8-3)16(7-2)14-18(22-20)15(5)12-10-13-21-9-4;1-3-9(10)6-4-8(2)5-7-9/h7-10,13-15H,6,11-12H2,1-5H3;8,10H,3-7H2,1-2H3/b13-10-,16-7-,17-8+,21-9?;. The number of allylic oxidation sites excluding steroid dienone is 1. The van der Waals surface area contributed by atoms with Gasteiger partial charge in [0, 0.05) is 35.7 Å². The van der Waals surface area contributed by atoms with Crippen molar-refractivity contribution in [3.63, 3.8) is 0 Å². The number of pyridine rings is 1. The fourth-order valence-corrected chi connectivity index (χ4v) is 4.13. The minimum absolute atomic E-state index is 0.129. The number of aliphatic hydroxyl groups is 1. The maximum atomic E-state index is 12.4. The minimum Gasteiger partial charge on any atom is -0.390 e. The summed E-state index contributed by atoms with van der Waals surface area (Å²) < 4.78 is 0. The first-order chi connectivity index (χ1) is 15.7. The normalized spacial score (nSPS) is 23.1. The molecule has 4 heteroatoms. The van der Waals surface area contributed by atoms with Gasteiger partial charge in [-0.05, 0) is 82.9 Å². The van der Waals surface area contributed by atoms with Crippen molar-refractivity contribution in [3.8, 4) is 0 Å². The zero-order valence-corrected chi connectivity index (χ0v) is 22.0. The van der Waals surface area contributed by atoms with E-state index in [2.05, 4.69) is 31.8 Å². The molecule has 33 heavy (non-hydrogen) atoms. The van der Waals surface area contributed by atoms with Crippen LogP contribution in [0.1, 0.15) is 122 Å². The average molecular weight is 455 g/mol. The molecule has 0 bridgehead atoms. The molecular formula is C29H46N2O2. The first-order valence-corrected chi connectivity index (χ1v) is 12.8. The SMILES string of the molecule is CC=N/C=C\CC(C)c1cc(=C/C)/c(=C\C)c(C(=O)CCC)n1.CCC1(O)CCC(C)CC1. The Morgan fingerprint density at radius 2 is 1.91 bits per heavy atom. The average Bonchev–Trinajstić information content (AvgIpc) is 2.83. The number of carbonyl (C=O) groups excluding carboxylic acids is 1. The zero-order chi connectivity index (χ0) is 24.9. The summed E-state index contributed by atoms with van der Waals surface area (Å²) in [7, 11) is 0. The molecule has 1 aromatic rings. The van der Waals surface area contributed by atoms with E-state index in [4.69, 9.17) is 4.98 Å². The summed E-state index contributed by atoms with van der Waals surface area (Å²) in [6.45, 7) is 14.4. The number of nitrogens with zero attached hydrogens (tertiary/aromatic N) is 2. The topological polar surface area (TPSA) is 62.5 Å². The lowest BCUT2D eigenvalue weighted by Gasteiger charge is -2.33. The van der Waals surface area contributed by atoms with Gasteiger partial charge >= 0.3 is 0 Å². The van der Waals surface area contributed by atoms with Gasteiger partial charge in [-0.1, -0.05) is 45.9 Å². The summed E-state index contributed by atoms with van der Waals surface area (Å²) in [6.07, 6.45) is 17.3. The molecular weight excluding hydrogens is 408 g/mol. The van der Waals surface area contributed by atoms with Gasteiger partial charge < -0.3 is 5.11 Å². The summed E-state index contributed by atoms with van der Waals surface area (Å²) in [4.78, 5) is 21.2. The van der Waals surface area contributed by atoms with Crippen LogP contribution >= 0.6 is 0 Å². The highest BCUT2D eigenvalue weighted by Gasteiger charge is 2.29. The maximum Gasteiger partial charge on any atom is 0.181 e. The number of ketones is 1. The van der Waals surface area contributed by atoms with Crippen molar-refractivity contribution < 1.29 is 9.90 Å². The summed E-state index contributed by atoms with van der Waals surface area (Å²) in [6, 6.07) is 2.10. The Kier molecular flexibility index (Phi) is 13.1. The third-order valence-corrected chi connectivity index (χ3v) is 6.65. The first kappa shape index (κ1) is 29.0. The number of hydrogen-bond acceptors (Lipinski definition) is 4. The van der Waals surface area contributed by atoms with Crippen LogP contribution in [0.15, 0.2) is 23.3 Å². The van der Waals surface area contributed by atoms with Crippen LogP contribution in [-0.4, -0.2) is 27.7 Å². The Morgan fingerprint density at radius 1 is 1.24 bits per heavy atom. The van der Waals surface area contributed by atoms with Gasteiger partial charge in [0.15, 0.2) is 5.78 Å². The van der Waals surface area contributed by atoms with Crippen molar-refractivity contribution in [1.29, 1.82) is 0 Å². The maximum absolute atomic E-state index is 12.4. The van der Waals surface area contributed by atoms with Gasteiger partial charge in [0.05, 0.1) is 5.60 Å². The Balaban J connectivity index is 0.000000451. The smallest absolute Gasteiger partial charge is 0.181 e. The first-order valence-electron chi connectivity index (χ1n) is 12.8. The fraction of sp³-hybridized carbons (Fsp3) is 0.621. The van der Waals surface area contributed by atoms with E-state index in [1.54, 1.807) is 12.4 Å². The number of aliphatic imine (C=N–C) groups is 1. The number of hydrogen-bond donors (Lipinski definition) is 1. The third kappa shape index (κ3) is 9.37. The molecule has 0 aromatic carbocycles. The second kappa shape index (κ2) is 15.0.